The summed E-state index contributed by atoms with van der Waals surface area (Å²) in [5.41, 5.74) is 5.54. The second kappa shape index (κ2) is 8.66. The molecule has 2 amide bonds. The lowest BCUT2D eigenvalue weighted by molar-refractivity contribution is -0.124. The molecule has 0 bridgehead atoms. The van der Waals surface area contributed by atoms with Gasteiger partial charge in [0.15, 0.2) is 0 Å². The Bertz CT molecular complexity index is 847. The zero-order valence-corrected chi connectivity index (χ0v) is 14.6. The predicted molar refractivity (Wildman–Crippen MR) is 99.3 cm³/mol. The minimum absolute atomic E-state index is 0.0183. The zero-order chi connectivity index (χ0) is 19.1. The van der Waals surface area contributed by atoms with Gasteiger partial charge in [0, 0.05) is 30.2 Å². The standard InChI is InChI=1S/C19H21N3O4/c1-12-3-5-15(9-13(12)2)21-18(25)7-8-19(26)22-20-11-14-4-6-16(23)10-17(14)24/h3-6,9-11,23-24H,7-8H2,1-2H3,(H,21,25)(H,22,26)/b20-11+. The van der Waals surface area contributed by atoms with Crippen LogP contribution in [-0.2, 0) is 9.59 Å². The second-order valence-electron chi connectivity index (χ2n) is 5.88. The first kappa shape index (κ1) is 19.0. The Morgan fingerprint density at radius 3 is 2.42 bits per heavy atom. The van der Waals surface area contributed by atoms with Gasteiger partial charge in [-0.2, -0.15) is 5.10 Å². The van der Waals surface area contributed by atoms with Gasteiger partial charge in [0.25, 0.3) is 0 Å². The average Bonchev–Trinajstić information content (AvgIpc) is 2.58. The number of nitrogens with zero attached hydrogens (tertiary/aromatic N) is 1. The van der Waals surface area contributed by atoms with E-state index >= 15 is 0 Å². The first-order chi connectivity index (χ1) is 12.3. The number of hydrazone groups is 1. The fourth-order valence-electron chi connectivity index (χ4n) is 2.14. The van der Waals surface area contributed by atoms with Crippen LogP contribution in [0.2, 0.25) is 0 Å². The summed E-state index contributed by atoms with van der Waals surface area (Å²) in [4.78, 5) is 23.6. The molecule has 0 aliphatic heterocycles. The molecule has 0 aliphatic rings. The normalized spacial score (nSPS) is 10.7. The van der Waals surface area contributed by atoms with Crippen molar-refractivity contribution >= 4 is 23.7 Å². The maximum atomic E-state index is 11.9. The highest BCUT2D eigenvalue weighted by atomic mass is 16.3. The SMILES string of the molecule is Cc1ccc(NC(=O)CCC(=O)N/N=C/c2ccc(O)cc2O)cc1C. The Balaban J connectivity index is 1.78. The van der Waals surface area contributed by atoms with Crippen molar-refractivity contribution in [3.63, 3.8) is 0 Å². The number of carbonyl (C=O) groups excluding carboxylic acids is 2. The maximum absolute atomic E-state index is 11.9. The Morgan fingerprint density at radius 1 is 1.00 bits per heavy atom. The molecule has 0 aromatic heterocycles. The van der Waals surface area contributed by atoms with Crippen molar-refractivity contribution < 1.29 is 19.8 Å². The van der Waals surface area contributed by atoms with E-state index in [1.807, 2.05) is 32.0 Å². The van der Waals surface area contributed by atoms with E-state index in [1.165, 1.54) is 24.4 Å². The van der Waals surface area contributed by atoms with E-state index in [0.29, 0.717) is 11.3 Å². The number of phenolic OH excluding ortho intramolecular Hbond substituents is 2. The van der Waals surface area contributed by atoms with Crippen LogP contribution in [0.3, 0.4) is 0 Å². The summed E-state index contributed by atoms with van der Waals surface area (Å²) in [5.74, 6) is -0.910. The summed E-state index contributed by atoms with van der Waals surface area (Å²) in [6, 6.07) is 9.62. The lowest BCUT2D eigenvalue weighted by atomic mass is 10.1. The minimum atomic E-state index is -0.422. The molecule has 0 aliphatic carbocycles. The van der Waals surface area contributed by atoms with Gasteiger partial charge in [0.05, 0.1) is 6.21 Å². The number of aromatic hydroxyl groups is 2. The van der Waals surface area contributed by atoms with Crippen molar-refractivity contribution in [2.45, 2.75) is 26.7 Å². The summed E-state index contributed by atoms with van der Waals surface area (Å²) in [7, 11) is 0. The Kier molecular flexibility index (Phi) is 6.32. The second-order valence-corrected chi connectivity index (χ2v) is 5.88. The fraction of sp³-hybridized carbons (Fsp3) is 0.211. The summed E-state index contributed by atoms with van der Waals surface area (Å²) < 4.78 is 0. The van der Waals surface area contributed by atoms with Crippen molar-refractivity contribution in [2.24, 2.45) is 5.10 Å². The number of amides is 2. The van der Waals surface area contributed by atoms with Gasteiger partial charge in [0.1, 0.15) is 11.5 Å². The maximum Gasteiger partial charge on any atom is 0.240 e. The molecular formula is C19H21N3O4. The van der Waals surface area contributed by atoms with Crippen LogP contribution >= 0.6 is 0 Å². The topological polar surface area (TPSA) is 111 Å². The van der Waals surface area contributed by atoms with Crippen molar-refractivity contribution in [1.82, 2.24) is 5.43 Å². The molecule has 0 heterocycles. The van der Waals surface area contributed by atoms with Crippen LogP contribution in [0.25, 0.3) is 0 Å². The molecule has 0 radical (unpaired) electrons. The van der Waals surface area contributed by atoms with Crippen molar-refractivity contribution in [3.05, 3.63) is 53.1 Å². The number of nitrogens with one attached hydrogen (secondary N) is 2. The zero-order valence-electron chi connectivity index (χ0n) is 14.6. The first-order valence-corrected chi connectivity index (χ1v) is 8.06. The van der Waals surface area contributed by atoms with Gasteiger partial charge in [0.2, 0.25) is 11.8 Å². The van der Waals surface area contributed by atoms with Crippen LogP contribution in [0.5, 0.6) is 11.5 Å². The van der Waals surface area contributed by atoms with Gasteiger partial charge >= 0.3 is 0 Å². The van der Waals surface area contributed by atoms with E-state index in [1.54, 1.807) is 0 Å². The highest BCUT2D eigenvalue weighted by Gasteiger charge is 2.07. The summed E-state index contributed by atoms with van der Waals surface area (Å²) in [6.45, 7) is 3.95. The lowest BCUT2D eigenvalue weighted by Crippen LogP contribution is -2.20. The average molecular weight is 355 g/mol. The molecule has 0 saturated carbocycles. The van der Waals surface area contributed by atoms with Crippen LogP contribution in [0.4, 0.5) is 5.69 Å². The number of carbonyl (C=O) groups is 2. The van der Waals surface area contributed by atoms with Crippen LogP contribution in [0.15, 0.2) is 41.5 Å². The number of aryl methyl sites for hydroxylation is 2. The van der Waals surface area contributed by atoms with E-state index in [4.69, 9.17) is 0 Å². The van der Waals surface area contributed by atoms with E-state index in [0.717, 1.165) is 11.1 Å². The number of rotatable bonds is 6. The number of phenols is 2. The highest BCUT2D eigenvalue weighted by Crippen LogP contribution is 2.20. The van der Waals surface area contributed by atoms with Crippen molar-refractivity contribution in [2.75, 3.05) is 5.32 Å². The molecule has 0 saturated heterocycles. The van der Waals surface area contributed by atoms with E-state index < -0.39 is 5.91 Å². The molecule has 0 spiro atoms. The third-order valence-corrected chi connectivity index (χ3v) is 3.78. The number of anilines is 1. The summed E-state index contributed by atoms with van der Waals surface area (Å²) in [6.07, 6.45) is 1.26. The minimum Gasteiger partial charge on any atom is -0.508 e. The Labute approximate surface area is 151 Å². The van der Waals surface area contributed by atoms with Gasteiger partial charge in [-0.1, -0.05) is 6.07 Å². The molecule has 2 rings (SSSR count). The first-order valence-electron chi connectivity index (χ1n) is 8.06. The summed E-state index contributed by atoms with van der Waals surface area (Å²) >= 11 is 0. The van der Waals surface area contributed by atoms with Crippen LogP contribution in [-0.4, -0.2) is 28.2 Å². The van der Waals surface area contributed by atoms with Gasteiger partial charge in [-0.05, 0) is 49.2 Å². The molecule has 2 aromatic carbocycles. The fourth-order valence-corrected chi connectivity index (χ4v) is 2.14. The quantitative estimate of drug-likeness (QED) is 0.471. The predicted octanol–water partition coefficient (Wildman–Crippen LogP) is 2.58. The van der Waals surface area contributed by atoms with E-state index in [-0.39, 0.29) is 30.2 Å². The molecule has 7 heteroatoms. The Hall–Kier alpha value is -3.35. The van der Waals surface area contributed by atoms with Gasteiger partial charge in [-0.25, -0.2) is 5.43 Å². The molecule has 2 aromatic rings. The molecule has 7 nitrogen and oxygen atoms in total. The number of hydrogen-bond acceptors (Lipinski definition) is 5. The van der Waals surface area contributed by atoms with E-state index in [2.05, 4.69) is 15.8 Å². The smallest absolute Gasteiger partial charge is 0.240 e. The highest BCUT2D eigenvalue weighted by molar-refractivity contribution is 5.93. The Morgan fingerprint density at radius 2 is 1.73 bits per heavy atom. The summed E-state index contributed by atoms with van der Waals surface area (Å²) in [5, 5.41) is 25.3. The molecule has 26 heavy (non-hydrogen) atoms. The van der Waals surface area contributed by atoms with Crippen molar-refractivity contribution in [1.29, 1.82) is 0 Å². The third-order valence-electron chi connectivity index (χ3n) is 3.78. The molecule has 136 valence electrons. The van der Waals surface area contributed by atoms with Gasteiger partial charge in [-0.15, -0.1) is 0 Å². The van der Waals surface area contributed by atoms with E-state index in [9.17, 15) is 19.8 Å². The molecular weight excluding hydrogens is 334 g/mol. The number of hydrogen-bond donors (Lipinski definition) is 4. The molecule has 0 atom stereocenters. The van der Waals surface area contributed by atoms with Crippen LogP contribution < -0.4 is 10.7 Å². The van der Waals surface area contributed by atoms with Gasteiger partial charge in [-0.3, -0.25) is 9.59 Å². The lowest BCUT2D eigenvalue weighted by Gasteiger charge is -2.07. The van der Waals surface area contributed by atoms with Crippen LogP contribution in [0.1, 0.15) is 29.5 Å². The molecule has 0 unspecified atom stereocenters. The molecule has 0 fully saturated rings. The monoisotopic (exact) mass is 355 g/mol. The largest absolute Gasteiger partial charge is 0.508 e. The molecule has 4 N–H and O–H groups in total. The van der Waals surface area contributed by atoms with Crippen molar-refractivity contribution in [3.8, 4) is 11.5 Å². The number of benzene rings is 2. The third kappa shape index (κ3) is 5.62. The van der Waals surface area contributed by atoms with Gasteiger partial charge < -0.3 is 15.5 Å². The van der Waals surface area contributed by atoms with Crippen LogP contribution in [0, 0.1) is 13.8 Å².